The molecule has 27 heavy (non-hydrogen) atoms. The third-order valence-electron chi connectivity index (χ3n) is 4.51. The molecule has 0 fully saturated rings. The van der Waals surface area contributed by atoms with Crippen LogP contribution in [-0.2, 0) is 13.0 Å². The standard InChI is InChI=1S/C19H17F3N4O/c20-19(21,22)27-13-7-8-16-12(10-13)4-3-9-26(16)11-17-24-15-6-2-1-5-14(15)18(23)25-17/h1-2,5-8,10H,3-4,9,11H2,(H2,23,24,25). The van der Waals surface area contributed by atoms with Gasteiger partial charge in [-0.25, -0.2) is 9.97 Å². The Morgan fingerprint density at radius 1 is 1.11 bits per heavy atom. The quantitative estimate of drug-likeness (QED) is 0.749. The molecule has 0 radical (unpaired) electrons. The maximum Gasteiger partial charge on any atom is 0.573 e. The summed E-state index contributed by atoms with van der Waals surface area (Å²) in [5.41, 5.74) is 8.50. The average Bonchev–Trinajstić information content (AvgIpc) is 2.60. The molecule has 0 atom stereocenters. The zero-order valence-electron chi connectivity index (χ0n) is 14.3. The molecule has 3 aromatic rings. The van der Waals surface area contributed by atoms with Crippen molar-refractivity contribution in [3.05, 3.63) is 53.9 Å². The summed E-state index contributed by atoms with van der Waals surface area (Å²) in [5, 5.41) is 0.800. The predicted octanol–water partition coefficient (Wildman–Crippen LogP) is 4.06. The Bertz CT molecular complexity index is 990. The van der Waals surface area contributed by atoms with E-state index in [4.69, 9.17) is 5.73 Å². The van der Waals surface area contributed by atoms with Gasteiger partial charge in [0, 0.05) is 17.6 Å². The van der Waals surface area contributed by atoms with Crippen molar-refractivity contribution >= 4 is 22.4 Å². The zero-order chi connectivity index (χ0) is 19.0. The Kier molecular flexibility index (Phi) is 4.25. The molecule has 0 aliphatic carbocycles. The van der Waals surface area contributed by atoms with E-state index in [1.165, 1.54) is 12.1 Å². The fourth-order valence-corrected chi connectivity index (χ4v) is 3.41. The van der Waals surface area contributed by atoms with Gasteiger partial charge >= 0.3 is 6.36 Å². The Morgan fingerprint density at radius 3 is 2.74 bits per heavy atom. The van der Waals surface area contributed by atoms with Crippen LogP contribution in [0.5, 0.6) is 5.75 Å². The molecule has 2 aromatic carbocycles. The molecule has 4 rings (SSSR count). The van der Waals surface area contributed by atoms with E-state index in [0.717, 1.165) is 35.1 Å². The van der Waals surface area contributed by atoms with Gasteiger partial charge < -0.3 is 15.4 Å². The van der Waals surface area contributed by atoms with E-state index in [0.29, 0.717) is 24.6 Å². The maximum atomic E-state index is 12.4. The van der Waals surface area contributed by atoms with Crippen LogP contribution in [0.3, 0.4) is 0 Å². The van der Waals surface area contributed by atoms with E-state index < -0.39 is 6.36 Å². The predicted molar refractivity (Wildman–Crippen MR) is 96.4 cm³/mol. The van der Waals surface area contributed by atoms with Crippen molar-refractivity contribution in [3.8, 4) is 5.75 Å². The monoisotopic (exact) mass is 374 g/mol. The minimum atomic E-state index is -4.70. The number of aryl methyl sites for hydroxylation is 1. The smallest absolute Gasteiger partial charge is 0.406 e. The molecule has 0 amide bonds. The largest absolute Gasteiger partial charge is 0.573 e. The number of anilines is 2. The summed E-state index contributed by atoms with van der Waals surface area (Å²) in [6.45, 7) is 1.20. The van der Waals surface area contributed by atoms with Gasteiger partial charge in [-0.1, -0.05) is 12.1 Å². The lowest BCUT2D eigenvalue weighted by atomic mass is 10.0. The van der Waals surface area contributed by atoms with Crippen LogP contribution in [-0.4, -0.2) is 22.9 Å². The number of hydrogen-bond acceptors (Lipinski definition) is 5. The Labute approximate surface area is 153 Å². The number of fused-ring (bicyclic) bond motifs is 2. The van der Waals surface area contributed by atoms with Crippen LogP contribution in [0.25, 0.3) is 10.9 Å². The SMILES string of the molecule is Nc1nc(CN2CCCc3cc(OC(F)(F)F)ccc32)nc2ccccc12. The van der Waals surface area contributed by atoms with E-state index in [1.54, 1.807) is 6.07 Å². The van der Waals surface area contributed by atoms with Crippen LogP contribution in [0, 0.1) is 0 Å². The lowest BCUT2D eigenvalue weighted by Crippen LogP contribution is -2.30. The van der Waals surface area contributed by atoms with Crippen LogP contribution in [0.15, 0.2) is 42.5 Å². The molecule has 140 valence electrons. The lowest BCUT2D eigenvalue weighted by Gasteiger charge is -2.31. The summed E-state index contributed by atoms with van der Waals surface area (Å²) in [7, 11) is 0. The normalized spacial score (nSPS) is 14.3. The second-order valence-electron chi connectivity index (χ2n) is 6.41. The van der Waals surface area contributed by atoms with Gasteiger partial charge in [0.05, 0.1) is 12.1 Å². The summed E-state index contributed by atoms with van der Waals surface area (Å²) in [6, 6.07) is 11.9. The number of para-hydroxylation sites is 1. The average molecular weight is 374 g/mol. The van der Waals surface area contributed by atoms with E-state index in [1.807, 2.05) is 24.3 Å². The second kappa shape index (κ2) is 6.61. The summed E-state index contributed by atoms with van der Waals surface area (Å²) >= 11 is 0. The van der Waals surface area contributed by atoms with Crippen LogP contribution in [0.4, 0.5) is 24.7 Å². The number of halogens is 3. The number of nitrogens with zero attached hydrogens (tertiary/aromatic N) is 3. The van der Waals surface area contributed by atoms with E-state index in [2.05, 4.69) is 19.6 Å². The van der Waals surface area contributed by atoms with E-state index >= 15 is 0 Å². The number of nitrogen functional groups attached to an aromatic ring is 1. The molecule has 0 saturated carbocycles. The van der Waals surface area contributed by atoms with Gasteiger partial charge in [-0.05, 0) is 48.7 Å². The van der Waals surface area contributed by atoms with Crippen LogP contribution < -0.4 is 15.4 Å². The number of benzene rings is 2. The minimum absolute atomic E-state index is 0.200. The van der Waals surface area contributed by atoms with Gasteiger partial charge in [0.2, 0.25) is 0 Å². The van der Waals surface area contributed by atoms with Gasteiger partial charge in [0.25, 0.3) is 0 Å². The van der Waals surface area contributed by atoms with Crippen LogP contribution in [0.1, 0.15) is 17.8 Å². The highest BCUT2D eigenvalue weighted by Crippen LogP contribution is 2.33. The number of aromatic nitrogens is 2. The minimum Gasteiger partial charge on any atom is -0.406 e. The first-order chi connectivity index (χ1) is 12.9. The molecule has 1 aliphatic heterocycles. The molecule has 2 heterocycles. The van der Waals surface area contributed by atoms with Crippen LogP contribution in [0.2, 0.25) is 0 Å². The third kappa shape index (κ3) is 3.74. The molecule has 2 N–H and O–H groups in total. The highest BCUT2D eigenvalue weighted by Gasteiger charge is 2.31. The summed E-state index contributed by atoms with van der Waals surface area (Å²) < 4.78 is 41.4. The first-order valence-electron chi connectivity index (χ1n) is 8.54. The van der Waals surface area contributed by atoms with Crippen molar-refractivity contribution < 1.29 is 17.9 Å². The molecular weight excluding hydrogens is 357 g/mol. The number of nitrogens with two attached hydrogens (primary N) is 1. The van der Waals surface area contributed by atoms with Gasteiger partial charge in [0.15, 0.2) is 5.82 Å². The molecule has 1 aromatic heterocycles. The molecule has 0 bridgehead atoms. The topological polar surface area (TPSA) is 64.3 Å². The summed E-state index contributed by atoms with van der Waals surface area (Å²) in [5.74, 6) is 0.797. The van der Waals surface area contributed by atoms with Crippen molar-refractivity contribution in [2.75, 3.05) is 17.2 Å². The molecular formula is C19H17F3N4O. The number of hydrogen-bond donors (Lipinski definition) is 1. The van der Waals surface area contributed by atoms with Gasteiger partial charge in [-0.15, -0.1) is 13.2 Å². The number of rotatable bonds is 3. The highest BCUT2D eigenvalue weighted by atomic mass is 19.4. The van der Waals surface area contributed by atoms with Gasteiger partial charge in [-0.3, -0.25) is 0 Å². The van der Waals surface area contributed by atoms with Crippen molar-refractivity contribution in [3.63, 3.8) is 0 Å². The molecule has 0 spiro atoms. The van der Waals surface area contributed by atoms with Crippen molar-refractivity contribution in [2.24, 2.45) is 0 Å². The molecule has 8 heteroatoms. The molecule has 1 aliphatic rings. The fraction of sp³-hybridized carbons (Fsp3) is 0.263. The zero-order valence-corrected chi connectivity index (χ0v) is 14.3. The van der Waals surface area contributed by atoms with Crippen LogP contribution >= 0.6 is 0 Å². The van der Waals surface area contributed by atoms with Crippen molar-refractivity contribution in [1.29, 1.82) is 0 Å². The maximum absolute atomic E-state index is 12.4. The van der Waals surface area contributed by atoms with Gasteiger partial charge in [0.1, 0.15) is 11.6 Å². The molecule has 5 nitrogen and oxygen atoms in total. The first-order valence-corrected chi connectivity index (χ1v) is 8.54. The summed E-state index contributed by atoms with van der Waals surface area (Å²) in [4.78, 5) is 11.0. The fourth-order valence-electron chi connectivity index (χ4n) is 3.41. The van der Waals surface area contributed by atoms with Crippen molar-refractivity contribution in [1.82, 2.24) is 9.97 Å². The molecule has 0 unspecified atom stereocenters. The lowest BCUT2D eigenvalue weighted by molar-refractivity contribution is -0.274. The highest BCUT2D eigenvalue weighted by molar-refractivity contribution is 5.87. The third-order valence-corrected chi connectivity index (χ3v) is 4.51. The summed E-state index contributed by atoms with van der Waals surface area (Å²) in [6.07, 6.45) is -3.17. The Balaban J connectivity index is 1.61. The first kappa shape index (κ1) is 17.4. The van der Waals surface area contributed by atoms with E-state index in [9.17, 15) is 13.2 Å². The molecule has 0 saturated heterocycles. The Hall–Kier alpha value is -3.03. The van der Waals surface area contributed by atoms with Crippen molar-refractivity contribution in [2.45, 2.75) is 25.7 Å². The van der Waals surface area contributed by atoms with E-state index in [-0.39, 0.29) is 5.75 Å². The number of ether oxygens (including phenoxy) is 1. The van der Waals surface area contributed by atoms with Gasteiger partial charge in [-0.2, -0.15) is 0 Å². The second-order valence-corrected chi connectivity index (χ2v) is 6.41. The Morgan fingerprint density at radius 2 is 1.93 bits per heavy atom. The number of alkyl halides is 3.